The van der Waals surface area contributed by atoms with Crippen molar-refractivity contribution in [3.63, 3.8) is 0 Å². The molecule has 0 aromatic rings. The zero-order chi connectivity index (χ0) is 7.82. The molecule has 0 aromatic heterocycles. The fourth-order valence-electron chi connectivity index (χ4n) is 0.858. The topological polar surface area (TPSA) is 26.0 Å². The summed E-state index contributed by atoms with van der Waals surface area (Å²) in [4.78, 5) is 0. The Morgan fingerprint density at radius 2 is 2.00 bits per heavy atom. The van der Waals surface area contributed by atoms with Gasteiger partial charge in [-0.25, -0.2) is 0 Å². The summed E-state index contributed by atoms with van der Waals surface area (Å²) in [7, 11) is 0. The Kier molecular flexibility index (Phi) is 6.61. The third kappa shape index (κ3) is 7.70. The number of hydrogen-bond donors (Lipinski definition) is 1. The molecule has 1 nitrogen and oxygen atoms in total. The molecule has 0 aliphatic rings. The lowest BCUT2D eigenvalue weighted by Gasteiger charge is -2.00. The lowest BCUT2D eigenvalue weighted by Crippen LogP contribution is -1.92. The van der Waals surface area contributed by atoms with Gasteiger partial charge in [0.2, 0.25) is 0 Å². The second-order valence-corrected chi connectivity index (χ2v) is 3.03. The Morgan fingerprint density at radius 1 is 1.30 bits per heavy atom. The van der Waals surface area contributed by atoms with Crippen LogP contribution in [0.15, 0.2) is 12.2 Å². The van der Waals surface area contributed by atoms with Crippen LogP contribution in [-0.4, -0.2) is 6.54 Å². The number of nitrogens with two attached hydrogens (primary N) is 1. The Hall–Kier alpha value is -0.300. The quantitative estimate of drug-likeness (QED) is 0.461. The van der Waals surface area contributed by atoms with Crippen molar-refractivity contribution in [2.75, 3.05) is 6.54 Å². The molecule has 0 heterocycles. The molecule has 0 radical (unpaired) electrons. The molecular weight excluding hydrogens is 122 g/mol. The predicted octanol–water partition coefficient (Wildman–Crippen LogP) is 2.33. The summed E-state index contributed by atoms with van der Waals surface area (Å²) in [6.45, 7) is 5.20. The summed E-state index contributed by atoms with van der Waals surface area (Å²) in [5.74, 6) is 0.839. The van der Waals surface area contributed by atoms with Crippen LogP contribution in [0.4, 0.5) is 0 Å². The Bertz CT molecular complexity index is 84.7. The van der Waals surface area contributed by atoms with Crippen LogP contribution in [0, 0.1) is 5.92 Å². The second kappa shape index (κ2) is 6.81. The molecule has 0 rings (SSSR count). The minimum Gasteiger partial charge on any atom is -0.327 e. The zero-order valence-corrected chi connectivity index (χ0v) is 7.14. The van der Waals surface area contributed by atoms with E-state index in [-0.39, 0.29) is 0 Å². The highest BCUT2D eigenvalue weighted by molar-refractivity contribution is 4.81. The molecule has 0 saturated carbocycles. The molecule has 1 heteroatoms. The van der Waals surface area contributed by atoms with E-state index in [0.29, 0.717) is 6.54 Å². The van der Waals surface area contributed by atoms with Gasteiger partial charge in [0.05, 0.1) is 0 Å². The van der Waals surface area contributed by atoms with Crippen LogP contribution in [0.2, 0.25) is 0 Å². The number of unbranched alkanes of at least 4 members (excludes halogenated alkanes) is 1. The van der Waals surface area contributed by atoms with Gasteiger partial charge in [0.1, 0.15) is 0 Å². The van der Waals surface area contributed by atoms with E-state index in [0.717, 1.165) is 5.92 Å². The molecule has 0 saturated heterocycles. The number of hydrogen-bond acceptors (Lipinski definition) is 1. The molecule has 0 bridgehead atoms. The van der Waals surface area contributed by atoms with Gasteiger partial charge in [-0.2, -0.15) is 0 Å². The molecule has 2 N–H and O–H groups in total. The molecule has 0 amide bonds. The molecule has 0 fully saturated rings. The Balaban J connectivity index is 2.97. The molecule has 0 aliphatic heterocycles. The van der Waals surface area contributed by atoms with Gasteiger partial charge in [0, 0.05) is 6.54 Å². The third-order valence-corrected chi connectivity index (χ3v) is 1.46. The highest BCUT2D eigenvalue weighted by Crippen LogP contribution is 2.05. The average molecular weight is 141 g/mol. The van der Waals surface area contributed by atoms with Crippen LogP contribution < -0.4 is 5.73 Å². The van der Waals surface area contributed by atoms with Crippen LogP contribution >= 0.6 is 0 Å². The summed E-state index contributed by atoms with van der Waals surface area (Å²) >= 11 is 0. The predicted molar refractivity (Wildman–Crippen MR) is 46.9 cm³/mol. The summed E-state index contributed by atoms with van der Waals surface area (Å²) < 4.78 is 0. The fraction of sp³-hybridized carbons (Fsp3) is 0.778. The van der Waals surface area contributed by atoms with Gasteiger partial charge in [0.15, 0.2) is 0 Å². The van der Waals surface area contributed by atoms with Crippen LogP contribution in [0.5, 0.6) is 0 Å². The van der Waals surface area contributed by atoms with Gasteiger partial charge in [-0.3, -0.25) is 0 Å². The minimum absolute atomic E-state index is 0.682. The normalized spacial score (nSPS) is 11.6. The Labute approximate surface area is 64.3 Å². The smallest absolute Gasteiger partial charge is 0.0106 e. The minimum atomic E-state index is 0.682. The van der Waals surface area contributed by atoms with Gasteiger partial charge < -0.3 is 5.73 Å². The molecule has 0 aliphatic carbocycles. The Morgan fingerprint density at radius 3 is 2.50 bits per heavy atom. The first-order valence-electron chi connectivity index (χ1n) is 4.12. The highest BCUT2D eigenvalue weighted by atomic mass is 14.5. The van der Waals surface area contributed by atoms with E-state index in [1.165, 1.54) is 19.3 Å². The van der Waals surface area contributed by atoms with Gasteiger partial charge >= 0.3 is 0 Å². The highest BCUT2D eigenvalue weighted by Gasteiger charge is 1.90. The van der Waals surface area contributed by atoms with Gasteiger partial charge in [-0.1, -0.05) is 32.4 Å². The average Bonchev–Trinajstić information content (AvgIpc) is 1.87. The second-order valence-electron chi connectivity index (χ2n) is 3.03. The first-order chi connectivity index (χ1) is 4.77. The van der Waals surface area contributed by atoms with Crippen molar-refractivity contribution >= 4 is 0 Å². The summed E-state index contributed by atoms with van der Waals surface area (Å²) in [6.07, 6.45) is 8.02. The summed E-state index contributed by atoms with van der Waals surface area (Å²) in [5.41, 5.74) is 5.28. The molecule has 0 spiro atoms. The van der Waals surface area contributed by atoms with Crippen molar-refractivity contribution in [3.8, 4) is 0 Å². The van der Waals surface area contributed by atoms with Crippen LogP contribution in [-0.2, 0) is 0 Å². The maximum Gasteiger partial charge on any atom is 0.0106 e. The number of rotatable bonds is 5. The number of allylic oxidation sites excluding steroid dienone is 1. The van der Waals surface area contributed by atoms with E-state index < -0.39 is 0 Å². The van der Waals surface area contributed by atoms with E-state index in [1.54, 1.807) is 0 Å². The van der Waals surface area contributed by atoms with E-state index in [4.69, 9.17) is 5.73 Å². The molecule has 0 aromatic carbocycles. The van der Waals surface area contributed by atoms with Crippen molar-refractivity contribution in [2.24, 2.45) is 11.7 Å². The standard InChI is InChI=1S/C9H19N/c1-9(2)7-5-3-4-6-8-10/h4,6,9H,3,5,7-8,10H2,1-2H3/b6-4+. The third-order valence-electron chi connectivity index (χ3n) is 1.46. The first kappa shape index (κ1) is 9.70. The maximum absolute atomic E-state index is 5.28. The lowest BCUT2D eigenvalue weighted by atomic mass is 10.1. The first-order valence-corrected chi connectivity index (χ1v) is 4.12. The van der Waals surface area contributed by atoms with Gasteiger partial charge in [-0.05, 0) is 18.8 Å². The monoisotopic (exact) mass is 141 g/mol. The van der Waals surface area contributed by atoms with Crippen LogP contribution in [0.25, 0.3) is 0 Å². The van der Waals surface area contributed by atoms with Crippen LogP contribution in [0.1, 0.15) is 33.1 Å². The van der Waals surface area contributed by atoms with Crippen molar-refractivity contribution in [1.29, 1.82) is 0 Å². The molecule has 0 atom stereocenters. The molecule has 60 valence electrons. The summed E-state index contributed by atoms with van der Waals surface area (Å²) in [5, 5.41) is 0. The van der Waals surface area contributed by atoms with Crippen molar-refractivity contribution in [1.82, 2.24) is 0 Å². The molecule has 10 heavy (non-hydrogen) atoms. The van der Waals surface area contributed by atoms with Gasteiger partial charge in [-0.15, -0.1) is 0 Å². The maximum atomic E-state index is 5.28. The van der Waals surface area contributed by atoms with Crippen molar-refractivity contribution in [2.45, 2.75) is 33.1 Å². The SMILES string of the molecule is CC(C)CCC/C=C/CN. The van der Waals surface area contributed by atoms with E-state index in [1.807, 2.05) is 6.08 Å². The van der Waals surface area contributed by atoms with E-state index in [9.17, 15) is 0 Å². The summed E-state index contributed by atoms with van der Waals surface area (Å²) in [6, 6.07) is 0. The largest absolute Gasteiger partial charge is 0.327 e. The van der Waals surface area contributed by atoms with E-state index >= 15 is 0 Å². The zero-order valence-electron chi connectivity index (χ0n) is 7.14. The van der Waals surface area contributed by atoms with Crippen LogP contribution in [0.3, 0.4) is 0 Å². The molecule has 0 unspecified atom stereocenters. The van der Waals surface area contributed by atoms with Crippen molar-refractivity contribution in [3.05, 3.63) is 12.2 Å². The van der Waals surface area contributed by atoms with E-state index in [2.05, 4.69) is 19.9 Å². The van der Waals surface area contributed by atoms with Gasteiger partial charge in [0.25, 0.3) is 0 Å². The van der Waals surface area contributed by atoms with Crippen molar-refractivity contribution < 1.29 is 0 Å². The fourth-order valence-corrected chi connectivity index (χ4v) is 0.858. The lowest BCUT2D eigenvalue weighted by molar-refractivity contribution is 0.559. The molecular formula is C9H19N.